The van der Waals surface area contributed by atoms with Gasteiger partial charge in [-0.2, -0.15) is 4.72 Å². The highest BCUT2D eigenvalue weighted by Crippen LogP contribution is 2.28. The Bertz CT molecular complexity index is 1100. The zero-order valence-electron chi connectivity index (χ0n) is 16.6. The number of nitrogens with one attached hydrogen (secondary N) is 1. The molecule has 30 heavy (non-hydrogen) atoms. The number of carbonyl (C=O) groups is 1. The van der Waals surface area contributed by atoms with Crippen molar-refractivity contribution in [1.82, 2.24) is 4.72 Å². The van der Waals surface area contributed by atoms with Crippen molar-refractivity contribution < 1.29 is 17.9 Å². The van der Waals surface area contributed by atoms with Crippen LogP contribution < -0.4 is 9.46 Å². The predicted octanol–water partition coefficient (Wildman–Crippen LogP) is 4.51. The number of methoxy groups -OCH3 is 1. The van der Waals surface area contributed by atoms with E-state index < -0.39 is 27.2 Å². The first kappa shape index (κ1) is 22.0. The first-order valence-corrected chi connectivity index (χ1v) is 11.2. The Kier molecular flexibility index (Phi) is 6.92. The number of alkyl halides is 1. The second-order valence-electron chi connectivity index (χ2n) is 6.82. The number of Topliss-reactive ketones (excluding diaryl/α,β-unsaturated/α-hetero) is 1. The summed E-state index contributed by atoms with van der Waals surface area (Å²) in [4.78, 5) is 13.3. The van der Waals surface area contributed by atoms with Gasteiger partial charge in [0.05, 0.1) is 17.4 Å². The molecule has 0 saturated carbocycles. The van der Waals surface area contributed by atoms with E-state index in [0.717, 1.165) is 5.56 Å². The third-order valence-electron chi connectivity index (χ3n) is 4.68. The van der Waals surface area contributed by atoms with Crippen molar-refractivity contribution in [2.45, 2.75) is 23.2 Å². The highest BCUT2D eigenvalue weighted by Gasteiger charge is 2.33. The third-order valence-corrected chi connectivity index (χ3v) is 6.64. The van der Waals surface area contributed by atoms with Crippen LogP contribution in [0, 0.1) is 6.92 Å². The van der Waals surface area contributed by atoms with Gasteiger partial charge in [0.2, 0.25) is 10.0 Å². The average molecular weight is 444 g/mol. The topological polar surface area (TPSA) is 72.5 Å². The molecule has 0 radical (unpaired) electrons. The first-order chi connectivity index (χ1) is 14.3. The number of carbonyl (C=O) groups excluding carboxylic acids is 1. The number of benzene rings is 3. The predicted molar refractivity (Wildman–Crippen MR) is 118 cm³/mol. The Labute approximate surface area is 181 Å². The lowest BCUT2D eigenvalue weighted by atomic mass is 9.98. The van der Waals surface area contributed by atoms with Gasteiger partial charge in [0.25, 0.3) is 0 Å². The minimum Gasteiger partial charge on any atom is -0.497 e. The number of ketones is 1. The van der Waals surface area contributed by atoms with E-state index in [1.54, 1.807) is 60.7 Å². The summed E-state index contributed by atoms with van der Waals surface area (Å²) < 4.78 is 33.6. The van der Waals surface area contributed by atoms with Gasteiger partial charge in [0.15, 0.2) is 5.78 Å². The van der Waals surface area contributed by atoms with E-state index in [4.69, 9.17) is 16.3 Å². The highest BCUT2D eigenvalue weighted by molar-refractivity contribution is 7.89. The number of hydrogen-bond acceptors (Lipinski definition) is 4. The summed E-state index contributed by atoms with van der Waals surface area (Å²) in [5.41, 5.74) is 1.89. The van der Waals surface area contributed by atoms with Crippen molar-refractivity contribution in [1.29, 1.82) is 0 Å². The number of ether oxygens (including phenoxy) is 1. The van der Waals surface area contributed by atoms with Crippen molar-refractivity contribution in [3.63, 3.8) is 0 Å². The normalized spacial score (nSPS) is 13.4. The standard InChI is InChI=1S/C23H22ClNO4S/c1-16-8-14-20(15-9-16)30(27,28)25-22(21(24)17-6-4-3-5-7-17)23(26)18-10-12-19(29-2)13-11-18/h3-15,21-22,25H,1-2H3/t21-,22-/m1/s1. The van der Waals surface area contributed by atoms with Gasteiger partial charge in [-0.15, -0.1) is 11.6 Å². The van der Waals surface area contributed by atoms with Crippen LogP contribution in [0.3, 0.4) is 0 Å². The molecule has 0 unspecified atom stereocenters. The number of aryl methyl sites for hydroxylation is 1. The van der Waals surface area contributed by atoms with Crippen LogP contribution in [0.25, 0.3) is 0 Å². The molecule has 0 bridgehead atoms. The lowest BCUT2D eigenvalue weighted by molar-refractivity contribution is 0.0951. The molecule has 0 amide bonds. The van der Waals surface area contributed by atoms with E-state index in [-0.39, 0.29) is 4.90 Å². The number of rotatable bonds is 8. The van der Waals surface area contributed by atoms with Gasteiger partial charge in [-0.1, -0.05) is 48.0 Å². The van der Waals surface area contributed by atoms with Crippen LogP contribution in [0.15, 0.2) is 83.8 Å². The molecule has 7 heteroatoms. The Morgan fingerprint density at radius 3 is 2.10 bits per heavy atom. The maximum absolute atomic E-state index is 13.3. The Morgan fingerprint density at radius 1 is 0.933 bits per heavy atom. The molecule has 0 heterocycles. The molecule has 0 aromatic heterocycles. The summed E-state index contributed by atoms with van der Waals surface area (Å²) in [5, 5.41) is -0.902. The monoisotopic (exact) mass is 443 g/mol. The molecule has 3 rings (SSSR count). The van der Waals surface area contributed by atoms with Gasteiger partial charge in [-0.25, -0.2) is 8.42 Å². The van der Waals surface area contributed by atoms with Crippen LogP contribution in [-0.2, 0) is 10.0 Å². The van der Waals surface area contributed by atoms with Crippen LogP contribution in [-0.4, -0.2) is 27.4 Å². The number of hydrogen-bond donors (Lipinski definition) is 1. The van der Waals surface area contributed by atoms with Crippen molar-refractivity contribution in [3.05, 3.63) is 95.6 Å². The molecule has 0 fully saturated rings. The van der Waals surface area contributed by atoms with Crippen LogP contribution >= 0.6 is 11.6 Å². The number of halogens is 1. The fourth-order valence-electron chi connectivity index (χ4n) is 2.96. The zero-order chi connectivity index (χ0) is 21.7. The highest BCUT2D eigenvalue weighted by atomic mass is 35.5. The van der Waals surface area contributed by atoms with Crippen molar-refractivity contribution >= 4 is 27.4 Å². The summed E-state index contributed by atoms with van der Waals surface area (Å²) in [6.07, 6.45) is 0. The Balaban J connectivity index is 1.98. The van der Waals surface area contributed by atoms with Crippen molar-refractivity contribution in [3.8, 4) is 5.75 Å². The molecule has 3 aromatic rings. The second kappa shape index (κ2) is 9.43. The summed E-state index contributed by atoms with van der Waals surface area (Å²) in [7, 11) is -2.45. The van der Waals surface area contributed by atoms with E-state index >= 15 is 0 Å². The first-order valence-electron chi connectivity index (χ1n) is 9.28. The molecule has 0 spiro atoms. The molecule has 3 aromatic carbocycles. The largest absolute Gasteiger partial charge is 0.497 e. The zero-order valence-corrected chi connectivity index (χ0v) is 18.2. The molecular formula is C23H22ClNO4S. The summed E-state index contributed by atoms with van der Waals surface area (Å²) in [6.45, 7) is 1.87. The van der Waals surface area contributed by atoms with E-state index in [1.165, 1.54) is 19.2 Å². The second-order valence-corrected chi connectivity index (χ2v) is 9.00. The molecule has 0 aliphatic carbocycles. The maximum Gasteiger partial charge on any atom is 0.241 e. The minimum atomic E-state index is -3.98. The smallest absolute Gasteiger partial charge is 0.241 e. The third kappa shape index (κ3) is 5.08. The van der Waals surface area contributed by atoms with Gasteiger partial charge < -0.3 is 4.74 Å². The van der Waals surface area contributed by atoms with E-state index in [9.17, 15) is 13.2 Å². The van der Waals surface area contributed by atoms with E-state index in [0.29, 0.717) is 16.9 Å². The van der Waals surface area contributed by atoms with E-state index in [2.05, 4.69) is 4.72 Å². The lowest BCUT2D eigenvalue weighted by Crippen LogP contribution is -2.43. The van der Waals surface area contributed by atoms with Crippen LogP contribution in [0.1, 0.15) is 26.9 Å². The molecular weight excluding hydrogens is 422 g/mol. The summed E-state index contributed by atoms with van der Waals surface area (Å²) in [6, 6.07) is 20.6. The van der Waals surface area contributed by atoms with Crippen molar-refractivity contribution in [2.24, 2.45) is 0 Å². The van der Waals surface area contributed by atoms with Gasteiger partial charge in [0.1, 0.15) is 11.8 Å². The van der Waals surface area contributed by atoms with Gasteiger partial charge in [-0.05, 0) is 48.9 Å². The molecule has 1 N–H and O–H groups in total. The van der Waals surface area contributed by atoms with Crippen LogP contribution in [0.4, 0.5) is 0 Å². The summed E-state index contributed by atoms with van der Waals surface area (Å²) >= 11 is 6.62. The quantitative estimate of drug-likeness (QED) is 0.410. The van der Waals surface area contributed by atoms with Crippen molar-refractivity contribution in [2.75, 3.05) is 7.11 Å². The van der Waals surface area contributed by atoms with Gasteiger partial charge in [0, 0.05) is 5.56 Å². The fraction of sp³-hybridized carbons (Fsp3) is 0.174. The molecule has 0 saturated heterocycles. The number of sulfonamides is 1. The maximum atomic E-state index is 13.3. The SMILES string of the molecule is COc1ccc(C(=O)[C@H](NS(=O)(=O)c2ccc(C)cc2)[C@H](Cl)c2ccccc2)cc1. The summed E-state index contributed by atoms with van der Waals surface area (Å²) in [5.74, 6) is 0.158. The van der Waals surface area contributed by atoms with Crippen LogP contribution in [0.5, 0.6) is 5.75 Å². The van der Waals surface area contributed by atoms with Crippen LogP contribution in [0.2, 0.25) is 0 Å². The fourth-order valence-corrected chi connectivity index (χ4v) is 4.57. The molecule has 0 aliphatic rings. The van der Waals surface area contributed by atoms with E-state index in [1.807, 2.05) is 13.0 Å². The molecule has 5 nitrogen and oxygen atoms in total. The average Bonchev–Trinajstić information content (AvgIpc) is 2.77. The lowest BCUT2D eigenvalue weighted by Gasteiger charge is -2.23. The van der Waals surface area contributed by atoms with Gasteiger partial charge in [-0.3, -0.25) is 4.79 Å². The molecule has 2 atom stereocenters. The van der Waals surface area contributed by atoms with Gasteiger partial charge >= 0.3 is 0 Å². The minimum absolute atomic E-state index is 0.0672. The Hall–Kier alpha value is -2.67. The Morgan fingerprint density at radius 2 is 1.53 bits per heavy atom. The molecule has 0 aliphatic heterocycles. The molecule has 156 valence electrons.